The zero-order valence-electron chi connectivity index (χ0n) is 18.3. The minimum absolute atomic E-state index is 0.0464. The fourth-order valence-electron chi connectivity index (χ4n) is 3.29. The fraction of sp³-hybridized carbons (Fsp3) is 0.364. The summed E-state index contributed by atoms with van der Waals surface area (Å²) >= 11 is 0. The first-order chi connectivity index (χ1) is 15.3. The Balaban J connectivity index is 1.81. The molecule has 1 amide bonds. The second-order valence-corrected chi connectivity index (χ2v) is 9.23. The zero-order chi connectivity index (χ0) is 23.3. The highest BCUT2D eigenvalue weighted by Crippen LogP contribution is 2.29. The molecule has 1 heterocycles. The Kier molecular flexibility index (Phi) is 7.49. The number of likely N-dealkylation sites (N-methyl/N-ethyl adjacent to an activating group) is 1. The molecule has 0 aromatic heterocycles. The zero-order valence-corrected chi connectivity index (χ0v) is 19.1. The van der Waals surface area contributed by atoms with E-state index < -0.39 is 21.9 Å². The van der Waals surface area contributed by atoms with E-state index in [1.165, 1.54) is 29.6 Å². The lowest BCUT2D eigenvalue weighted by Crippen LogP contribution is -2.47. The second-order valence-electron chi connectivity index (χ2n) is 7.32. The number of amides is 1. The molecule has 0 unspecified atom stereocenters. The van der Waals surface area contributed by atoms with Crippen LogP contribution < -0.4 is 10.1 Å². The van der Waals surface area contributed by atoms with Gasteiger partial charge in [0, 0.05) is 37.4 Å². The summed E-state index contributed by atoms with van der Waals surface area (Å²) in [5.41, 5.74) is 1.00. The van der Waals surface area contributed by atoms with Crippen LogP contribution in [0.2, 0.25) is 0 Å². The first-order valence-electron chi connectivity index (χ1n) is 10.2. The Morgan fingerprint density at radius 3 is 2.22 bits per heavy atom. The number of piperazine rings is 1. The molecule has 0 spiro atoms. The third kappa shape index (κ3) is 5.26. The number of hydrogen-bond acceptors (Lipinski definition) is 7. The van der Waals surface area contributed by atoms with Gasteiger partial charge in [-0.3, -0.25) is 4.79 Å². The van der Waals surface area contributed by atoms with Crippen LogP contribution in [-0.4, -0.2) is 76.4 Å². The number of nitrogens with zero attached hydrogens (tertiary/aromatic N) is 2. The van der Waals surface area contributed by atoms with Gasteiger partial charge in [0.1, 0.15) is 10.6 Å². The molecule has 1 aliphatic heterocycles. The molecule has 0 atom stereocenters. The molecule has 9 nitrogen and oxygen atoms in total. The molecule has 32 heavy (non-hydrogen) atoms. The standard InChI is InChI=1S/C22H27N3O6S/c1-4-31-22(27)16-5-8-18(9-6-16)23-21(26)17-7-10-19(30-3)20(15-17)32(28,29)25-13-11-24(2)12-14-25/h5-10,15H,4,11-14H2,1-3H3,(H,23,26). The van der Waals surface area contributed by atoms with Crippen LogP contribution in [0.15, 0.2) is 47.4 Å². The summed E-state index contributed by atoms with van der Waals surface area (Å²) in [6, 6.07) is 10.6. The maximum atomic E-state index is 13.2. The number of carbonyl (C=O) groups excluding carboxylic acids is 2. The first kappa shape index (κ1) is 23.7. The van der Waals surface area contributed by atoms with E-state index in [1.807, 2.05) is 7.05 Å². The highest BCUT2D eigenvalue weighted by atomic mass is 32.2. The van der Waals surface area contributed by atoms with Gasteiger partial charge in [0.2, 0.25) is 10.0 Å². The van der Waals surface area contributed by atoms with Gasteiger partial charge in [-0.25, -0.2) is 13.2 Å². The van der Waals surface area contributed by atoms with Gasteiger partial charge in [0.05, 0.1) is 19.3 Å². The SMILES string of the molecule is CCOC(=O)c1ccc(NC(=O)c2ccc(OC)c(S(=O)(=O)N3CCN(C)CC3)c2)cc1. The number of nitrogens with one attached hydrogen (secondary N) is 1. The second kappa shape index (κ2) is 10.1. The molecule has 3 rings (SSSR count). The molecule has 1 aliphatic rings. The average Bonchev–Trinajstić information content (AvgIpc) is 2.79. The van der Waals surface area contributed by atoms with E-state index >= 15 is 0 Å². The summed E-state index contributed by atoms with van der Waals surface area (Å²) < 4.78 is 38.0. The summed E-state index contributed by atoms with van der Waals surface area (Å²) in [5, 5.41) is 2.71. The molecule has 0 bridgehead atoms. The molecular formula is C22H27N3O6S. The quantitative estimate of drug-likeness (QED) is 0.629. The van der Waals surface area contributed by atoms with Crippen LogP contribution in [0.3, 0.4) is 0 Å². The summed E-state index contributed by atoms with van der Waals surface area (Å²) in [6.45, 7) is 3.98. The van der Waals surface area contributed by atoms with Gasteiger partial charge in [0.25, 0.3) is 5.91 Å². The lowest BCUT2D eigenvalue weighted by atomic mass is 10.1. The van der Waals surface area contributed by atoms with Crippen molar-refractivity contribution in [1.29, 1.82) is 0 Å². The molecule has 2 aromatic carbocycles. The van der Waals surface area contributed by atoms with Gasteiger partial charge >= 0.3 is 5.97 Å². The van der Waals surface area contributed by atoms with E-state index in [0.29, 0.717) is 37.4 Å². The predicted molar refractivity (Wildman–Crippen MR) is 120 cm³/mol. The lowest BCUT2D eigenvalue weighted by molar-refractivity contribution is 0.0526. The third-order valence-corrected chi connectivity index (χ3v) is 7.08. The van der Waals surface area contributed by atoms with Crippen molar-refractivity contribution in [2.75, 3.05) is 52.3 Å². The van der Waals surface area contributed by atoms with Gasteiger partial charge in [-0.05, 0) is 56.4 Å². The van der Waals surface area contributed by atoms with Crippen molar-refractivity contribution in [3.63, 3.8) is 0 Å². The number of methoxy groups -OCH3 is 1. The Bertz CT molecular complexity index is 1080. The van der Waals surface area contributed by atoms with Crippen LogP contribution in [0.25, 0.3) is 0 Å². The van der Waals surface area contributed by atoms with Crippen LogP contribution >= 0.6 is 0 Å². The highest BCUT2D eigenvalue weighted by Gasteiger charge is 2.30. The first-order valence-corrected chi connectivity index (χ1v) is 11.7. The lowest BCUT2D eigenvalue weighted by Gasteiger charge is -2.31. The number of esters is 1. The predicted octanol–water partition coefficient (Wildman–Crippen LogP) is 2.06. The maximum Gasteiger partial charge on any atom is 0.338 e. The van der Waals surface area contributed by atoms with E-state index in [-0.39, 0.29) is 22.8 Å². The smallest absolute Gasteiger partial charge is 0.338 e. The molecule has 2 aromatic rings. The summed E-state index contributed by atoms with van der Waals surface area (Å²) in [4.78, 5) is 26.5. The minimum atomic E-state index is -3.83. The molecule has 1 fully saturated rings. The van der Waals surface area contributed by atoms with Crippen molar-refractivity contribution in [2.45, 2.75) is 11.8 Å². The Hall–Kier alpha value is -2.95. The van der Waals surface area contributed by atoms with Crippen LogP contribution in [0.4, 0.5) is 5.69 Å². The molecule has 0 saturated carbocycles. The molecule has 1 N–H and O–H groups in total. The van der Waals surface area contributed by atoms with E-state index in [4.69, 9.17) is 9.47 Å². The van der Waals surface area contributed by atoms with Gasteiger partial charge in [-0.2, -0.15) is 4.31 Å². The monoisotopic (exact) mass is 461 g/mol. The number of anilines is 1. The number of ether oxygens (including phenoxy) is 2. The fourth-order valence-corrected chi connectivity index (χ4v) is 4.90. The average molecular weight is 462 g/mol. The van der Waals surface area contributed by atoms with E-state index in [1.54, 1.807) is 31.2 Å². The Labute approximate surface area is 188 Å². The normalized spacial score (nSPS) is 15.2. The number of hydrogen-bond donors (Lipinski definition) is 1. The van der Waals surface area contributed by atoms with Gasteiger partial charge < -0.3 is 19.7 Å². The van der Waals surface area contributed by atoms with Crippen LogP contribution in [0.1, 0.15) is 27.6 Å². The number of benzene rings is 2. The largest absolute Gasteiger partial charge is 0.495 e. The van der Waals surface area contributed by atoms with Crippen LogP contribution in [-0.2, 0) is 14.8 Å². The van der Waals surface area contributed by atoms with Crippen molar-refractivity contribution in [1.82, 2.24) is 9.21 Å². The van der Waals surface area contributed by atoms with Crippen molar-refractivity contribution in [3.05, 3.63) is 53.6 Å². The molecular weight excluding hydrogens is 434 g/mol. The topological polar surface area (TPSA) is 105 Å². The molecule has 0 aliphatic carbocycles. The van der Waals surface area contributed by atoms with Gasteiger partial charge in [-0.1, -0.05) is 0 Å². The van der Waals surface area contributed by atoms with Crippen LogP contribution in [0, 0.1) is 0 Å². The molecule has 1 saturated heterocycles. The summed E-state index contributed by atoms with van der Waals surface area (Å²) in [7, 11) is -0.496. The molecule has 0 radical (unpaired) electrons. The Morgan fingerprint density at radius 1 is 1.00 bits per heavy atom. The van der Waals surface area contributed by atoms with Crippen molar-refractivity contribution >= 4 is 27.6 Å². The van der Waals surface area contributed by atoms with Crippen molar-refractivity contribution in [3.8, 4) is 5.75 Å². The number of rotatable bonds is 7. The van der Waals surface area contributed by atoms with E-state index in [0.717, 1.165) is 0 Å². The number of carbonyl (C=O) groups is 2. The molecule has 10 heteroatoms. The number of sulfonamides is 1. The van der Waals surface area contributed by atoms with Crippen LogP contribution in [0.5, 0.6) is 5.75 Å². The summed E-state index contributed by atoms with van der Waals surface area (Å²) in [5.74, 6) is -0.745. The van der Waals surface area contributed by atoms with Gasteiger partial charge in [-0.15, -0.1) is 0 Å². The molecule has 172 valence electrons. The van der Waals surface area contributed by atoms with E-state index in [2.05, 4.69) is 10.2 Å². The maximum absolute atomic E-state index is 13.2. The van der Waals surface area contributed by atoms with E-state index in [9.17, 15) is 18.0 Å². The minimum Gasteiger partial charge on any atom is -0.495 e. The van der Waals surface area contributed by atoms with Crippen molar-refractivity contribution < 1.29 is 27.5 Å². The van der Waals surface area contributed by atoms with Crippen molar-refractivity contribution in [2.24, 2.45) is 0 Å². The van der Waals surface area contributed by atoms with Gasteiger partial charge in [0.15, 0.2) is 0 Å². The highest BCUT2D eigenvalue weighted by molar-refractivity contribution is 7.89. The Morgan fingerprint density at radius 2 is 1.62 bits per heavy atom. The third-order valence-electron chi connectivity index (χ3n) is 5.16. The summed E-state index contributed by atoms with van der Waals surface area (Å²) in [6.07, 6.45) is 0.